The second-order valence-electron chi connectivity index (χ2n) is 0.996. The molecule has 0 aromatic rings. The Kier molecular flexibility index (Phi) is 4.09. The Morgan fingerprint density at radius 1 is 1.33 bits per heavy atom. The van der Waals surface area contributed by atoms with Crippen LogP contribution in [0.25, 0.3) is 0 Å². The molecule has 0 spiro atoms. The van der Waals surface area contributed by atoms with Crippen molar-refractivity contribution in [1.29, 1.82) is 0 Å². The molecule has 0 unspecified atom stereocenters. The van der Waals surface area contributed by atoms with E-state index in [0.717, 1.165) is 6.42 Å². The van der Waals surface area contributed by atoms with Gasteiger partial charge >= 0.3 is 0 Å². The second-order valence-corrected chi connectivity index (χ2v) is 0.996. The third-order valence-corrected chi connectivity index (χ3v) is 0.469. The van der Waals surface area contributed by atoms with Gasteiger partial charge in [-0.3, -0.25) is 0 Å². The van der Waals surface area contributed by atoms with Crippen LogP contribution in [-0.2, 0) is 0 Å². The van der Waals surface area contributed by atoms with E-state index in [1.165, 1.54) is 0 Å². The molecule has 0 rings (SSSR count). The Balaban J connectivity index is 2.66. The summed E-state index contributed by atoms with van der Waals surface area (Å²) >= 11 is 0. The summed E-state index contributed by atoms with van der Waals surface area (Å²) in [5.74, 6) is 0. The molecule has 0 fully saturated rings. The molecule has 0 bridgehead atoms. The topological polar surface area (TPSA) is 0 Å². The van der Waals surface area contributed by atoms with Crippen LogP contribution in [0, 0.1) is 6.42 Å². The first-order valence-electron chi connectivity index (χ1n) is 1.97. The van der Waals surface area contributed by atoms with Gasteiger partial charge in [0.05, 0.1) is 0 Å². The van der Waals surface area contributed by atoms with E-state index >= 15 is 0 Å². The highest BCUT2D eigenvalue weighted by Gasteiger charge is 1.66. The van der Waals surface area contributed by atoms with Crippen molar-refractivity contribution >= 4 is 0 Å². The molecule has 0 saturated heterocycles. The molecule has 0 saturated carbocycles. The maximum Gasteiger partial charge on any atom is -0.0136 e. The van der Waals surface area contributed by atoms with E-state index in [0.29, 0.717) is 0 Å². The Labute approximate surface area is 39.2 Å². The third kappa shape index (κ3) is 3.48. The van der Waals surface area contributed by atoms with Gasteiger partial charge in [-0.05, 0) is 12.8 Å². The summed E-state index contributed by atoms with van der Waals surface area (Å²) in [4.78, 5) is 0. The van der Waals surface area contributed by atoms with E-state index in [9.17, 15) is 0 Å². The second kappa shape index (κ2) is 4.48. The zero-order valence-electron chi connectivity index (χ0n) is 3.85. The quantitative estimate of drug-likeness (QED) is 0.361. The number of rotatable bonds is 3. The monoisotopic (exact) mass is 83.1 g/mol. The minimum absolute atomic E-state index is 0.934. The molecule has 6 heavy (non-hydrogen) atoms. The molecule has 0 aliphatic rings. The molecule has 0 atom stereocenters. The van der Waals surface area contributed by atoms with Gasteiger partial charge in [-0.25, -0.2) is 0 Å². The van der Waals surface area contributed by atoms with Crippen LogP contribution in [-0.4, -0.2) is 0 Å². The molecule has 0 aromatic carbocycles. The van der Waals surface area contributed by atoms with Crippen LogP contribution in [0.2, 0.25) is 0 Å². The Hall–Kier alpha value is -0.520. The van der Waals surface area contributed by atoms with Crippen molar-refractivity contribution in [3.05, 3.63) is 31.7 Å². The fourth-order valence-electron chi connectivity index (χ4n) is 0.192. The SMILES string of the molecule is C=C[CH][14CH2]C=C. The molecule has 0 amide bonds. The zero-order valence-corrected chi connectivity index (χ0v) is 3.85. The molecule has 0 heteroatoms. The van der Waals surface area contributed by atoms with Crippen LogP contribution in [0.1, 0.15) is 6.42 Å². The summed E-state index contributed by atoms with van der Waals surface area (Å²) in [7, 11) is 0. The van der Waals surface area contributed by atoms with Crippen LogP contribution in [0.3, 0.4) is 0 Å². The lowest BCUT2D eigenvalue weighted by atomic mass is 10.6. The van der Waals surface area contributed by atoms with Gasteiger partial charge in [-0.15, -0.1) is 13.2 Å². The lowest BCUT2D eigenvalue weighted by Crippen LogP contribution is -1.58. The molecule has 0 aliphatic heterocycles. The van der Waals surface area contributed by atoms with Gasteiger partial charge in [-0.1, -0.05) is 12.2 Å². The van der Waals surface area contributed by atoms with Gasteiger partial charge in [-0.2, -0.15) is 0 Å². The average Bonchev–Trinajstić information content (AvgIpc) is 1.61. The first-order chi connectivity index (χ1) is 2.91. The maximum absolute atomic E-state index is 3.52. The van der Waals surface area contributed by atoms with Crippen molar-refractivity contribution in [2.24, 2.45) is 0 Å². The van der Waals surface area contributed by atoms with Gasteiger partial charge in [0, 0.05) is 0 Å². The van der Waals surface area contributed by atoms with E-state index in [1.807, 2.05) is 12.5 Å². The summed E-state index contributed by atoms with van der Waals surface area (Å²) < 4.78 is 0. The van der Waals surface area contributed by atoms with Gasteiger partial charge < -0.3 is 0 Å². The molecule has 0 heterocycles. The molecule has 33 valence electrons. The maximum atomic E-state index is 3.52. The normalized spacial score (nSPS) is 7.33. The first-order valence-corrected chi connectivity index (χ1v) is 1.97. The van der Waals surface area contributed by atoms with Crippen LogP contribution >= 0.6 is 0 Å². The standard InChI is InChI=1S/C6H9/c1-3-5-6-4-2/h3-5H,1-2,6H2/i6+2. The lowest BCUT2D eigenvalue weighted by molar-refractivity contribution is 1.30. The number of hydrogen-bond donors (Lipinski definition) is 0. The van der Waals surface area contributed by atoms with Gasteiger partial charge in [0.1, 0.15) is 0 Å². The van der Waals surface area contributed by atoms with E-state index in [-0.39, 0.29) is 0 Å². The van der Waals surface area contributed by atoms with Crippen LogP contribution < -0.4 is 0 Å². The van der Waals surface area contributed by atoms with E-state index in [4.69, 9.17) is 0 Å². The largest absolute Gasteiger partial charge is 0.103 e. The fraction of sp³-hybridized carbons (Fsp3) is 0.167. The molecule has 0 aliphatic carbocycles. The minimum Gasteiger partial charge on any atom is -0.103 e. The van der Waals surface area contributed by atoms with Gasteiger partial charge in [0.2, 0.25) is 0 Å². The van der Waals surface area contributed by atoms with Crippen LogP contribution in [0.4, 0.5) is 0 Å². The highest BCUT2D eigenvalue weighted by molar-refractivity contribution is 4.91. The lowest BCUT2D eigenvalue weighted by Gasteiger charge is -1.75. The van der Waals surface area contributed by atoms with E-state index in [2.05, 4.69) is 13.2 Å². The van der Waals surface area contributed by atoms with Crippen LogP contribution in [0.5, 0.6) is 0 Å². The number of unbranched alkanes of at least 4 members (excludes halogenated alkanes) is 1. The van der Waals surface area contributed by atoms with E-state index in [1.54, 1.807) is 6.08 Å². The molecular weight excluding hydrogens is 74.1 g/mol. The minimum atomic E-state index is 0.934. The van der Waals surface area contributed by atoms with Crippen molar-refractivity contribution in [1.82, 2.24) is 0 Å². The summed E-state index contributed by atoms with van der Waals surface area (Å²) in [6.07, 6.45) is 6.49. The predicted molar refractivity (Wildman–Crippen MR) is 29.3 cm³/mol. The van der Waals surface area contributed by atoms with Crippen LogP contribution in [0.15, 0.2) is 25.3 Å². The first kappa shape index (κ1) is 5.48. The molecule has 0 N–H and O–H groups in total. The average molecular weight is 83.1 g/mol. The van der Waals surface area contributed by atoms with Crippen molar-refractivity contribution in [3.63, 3.8) is 0 Å². The van der Waals surface area contributed by atoms with Gasteiger partial charge in [0.15, 0.2) is 0 Å². The van der Waals surface area contributed by atoms with Gasteiger partial charge in [0.25, 0.3) is 0 Å². The summed E-state index contributed by atoms with van der Waals surface area (Å²) in [6.45, 7) is 7.01. The molecular formula is C6H9. The predicted octanol–water partition coefficient (Wildman–Crippen LogP) is 1.95. The van der Waals surface area contributed by atoms with Crippen molar-refractivity contribution in [2.75, 3.05) is 0 Å². The fourth-order valence-corrected chi connectivity index (χ4v) is 0.192. The summed E-state index contributed by atoms with van der Waals surface area (Å²) in [5.41, 5.74) is 0. The summed E-state index contributed by atoms with van der Waals surface area (Å²) in [5, 5.41) is 0. The third-order valence-electron chi connectivity index (χ3n) is 0.469. The Bertz CT molecular complexity index is 36.0. The smallest absolute Gasteiger partial charge is 0.0136 e. The van der Waals surface area contributed by atoms with Crippen molar-refractivity contribution in [2.45, 2.75) is 6.42 Å². The van der Waals surface area contributed by atoms with E-state index < -0.39 is 0 Å². The zero-order chi connectivity index (χ0) is 4.83. The number of allylic oxidation sites excluding steroid dienone is 2. The molecule has 1 radical (unpaired) electrons. The van der Waals surface area contributed by atoms with Crippen molar-refractivity contribution < 1.29 is 0 Å². The van der Waals surface area contributed by atoms with Crippen molar-refractivity contribution in [3.8, 4) is 0 Å². The Morgan fingerprint density at radius 2 is 2.00 bits per heavy atom. The highest BCUT2D eigenvalue weighted by atomic mass is 14.8. The highest BCUT2D eigenvalue weighted by Crippen LogP contribution is 1.84. The molecule has 0 nitrogen and oxygen atoms in total. The summed E-state index contributed by atoms with van der Waals surface area (Å²) in [6, 6.07) is 0. The Morgan fingerprint density at radius 3 is 2.17 bits per heavy atom. The number of hydrogen-bond acceptors (Lipinski definition) is 0. The molecule has 0 aromatic heterocycles.